The SMILES string of the molecule is O=C(O)CC1(N2CCN(c3ccccn3)CC2)CNC1. The van der Waals surface area contributed by atoms with E-state index in [2.05, 4.69) is 20.1 Å². The number of hydrogen-bond acceptors (Lipinski definition) is 5. The third-order valence-electron chi connectivity index (χ3n) is 4.31. The molecule has 0 atom stereocenters. The Morgan fingerprint density at radius 1 is 1.30 bits per heavy atom. The van der Waals surface area contributed by atoms with E-state index in [-0.39, 0.29) is 12.0 Å². The molecule has 0 aromatic carbocycles. The first kappa shape index (κ1) is 13.3. The zero-order chi connectivity index (χ0) is 14.0. The molecule has 2 fully saturated rings. The maximum absolute atomic E-state index is 11.1. The number of hydrogen-bond donors (Lipinski definition) is 2. The number of anilines is 1. The van der Waals surface area contributed by atoms with Crippen LogP contribution in [0, 0.1) is 0 Å². The van der Waals surface area contributed by atoms with Crippen molar-refractivity contribution in [1.29, 1.82) is 0 Å². The van der Waals surface area contributed by atoms with E-state index < -0.39 is 5.97 Å². The quantitative estimate of drug-likeness (QED) is 0.808. The number of aromatic nitrogens is 1. The first-order valence-corrected chi connectivity index (χ1v) is 7.03. The van der Waals surface area contributed by atoms with Crippen molar-refractivity contribution in [2.24, 2.45) is 0 Å². The average Bonchev–Trinajstić information content (AvgIpc) is 2.44. The lowest BCUT2D eigenvalue weighted by Gasteiger charge is -2.52. The summed E-state index contributed by atoms with van der Waals surface area (Å²) < 4.78 is 0. The van der Waals surface area contributed by atoms with E-state index in [1.165, 1.54) is 0 Å². The highest BCUT2D eigenvalue weighted by atomic mass is 16.4. The molecule has 20 heavy (non-hydrogen) atoms. The minimum Gasteiger partial charge on any atom is -0.481 e. The Morgan fingerprint density at radius 2 is 2.05 bits per heavy atom. The Kier molecular flexibility index (Phi) is 3.58. The number of nitrogens with one attached hydrogen (secondary N) is 1. The van der Waals surface area contributed by atoms with Crippen molar-refractivity contribution in [3.05, 3.63) is 24.4 Å². The Morgan fingerprint density at radius 3 is 2.55 bits per heavy atom. The van der Waals surface area contributed by atoms with Crippen molar-refractivity contribution >= 4 is 11.8 Å². The van der Waals surface area contributed by atoms with Crippen molar-refractivity contribution < 1.29 is 9.90 Å². The van der Waals surface area contributed by atoms with Crippen LogP contribution in [-0.4, -0.2) is 65.8 Å². The molecule has 0 amide bonds. The molecule has 0 spiro atoms. The zero-order valence-electron chi connectivity index (χ0n) is 11.5. The molecule has 0 radical (unpaired) electrons. The molecule has 2 N–H and O–H groups in total. The van der Waals surface area contributed by atoms with Crippen LogP contribution in [-0.2, 0) is 4.79 Å². The van der Waals surface area contributed by atoms with E-state index in [1.54, 1.807) is 0 Å². The second kappa shape index (κ2) is 5.38. The van der Waals surface area contributed by atoms with Crippen molar-refractivity contribution in [2.75, 3.05) is 44.2 Å². The molecular weight excluding hydrogens is 256 g/mol. The molecule has 3 heterocycles. The van der Waals surface area contributed by atoms with Gasteiger partial charge in [-0.25, -0.2) is 4.98 Å². The molecule has 0 saturated carbocycles. The van der Waals surface area contributed by atoms with Crippen LogP contribution in [0.4, 0.5) is 5.82 Å². The number of pyridine rings is 1. The molecule has 2 saturated heterocycles. The van der Waals surface area contributed by atoms with Gasteiger partial charge in [-0.3, -0.25) is 9.69 Å². The molecule has 0 aliphatic carbocycles. The molecule has 1 aromatic rings. The van der Waals surface area contributed by atoms with Gasteiger partial charge in [0.25, 0.3) is 0 Å². The van der Waals surface area contributed by atoms with E-state index in [0.29, 0.717) is 0 Å². The fourth-order valence-electron chi connectivity index (χ4n) is 3.11. The second-order valence-electron chi connectivity index (χ2n) is 5.56. The van der Waals surface area contributed by atoms with Crippen molar-refractivity contribution in [2.45, 2.75) is 12.0 Å². The summed E-state index contributed by atoms with van der Waals surface area (Å²) in [4.78, 5) is 20.0. The van der Waals surface area contributed by atoms with E-state index in [1.807, 2.05) is 24.4 Å². The van der Waals surface area contributed by atoms with Gasteiger partial charge in [-0.15, -0.1) is 0 Å². The number of carboxylic acids is 1. The third kappa shape index (κ3) is 2.48. The fraction of sp³-hybridized carbons (Fsp3) is 0.571. The minimum atomic E-state index is -0.710. The highest BCUT2D eigenvalue weighted by Gasteiger charge is 2.45. The van der Waals surface area contributed by atoms with Gasteiger partial charge in [0.1, 0.15) is 5.82 Å². The molecule has 108 valence electrons. The molecule has 6 heteroatoms. The molecule has 0 bridgehead atoms. The number of carbonyl (C=O) groups is 1. The highest BCUT2D eigenvalue weighted by Crippen LogP contribution is 2.27. The molecule has 6 nitrogen and oxygen atoms in total. The Labute approximate surface area is 118 Å². The van der Waals surface area contributed by atoms with Crippen molar-refractivity contribution in [1.82, 2.24) is 15.2 Å². The Hall–Kier alpha value is -1.66. The summed E-state index contributed by atoms with van der Waals surface area (Å²) in [5.74, 6) is 0.296. The van der Waals surface area contributed by atoms with Crippen LogP contribution in [0.25, 0.3) is 0 Å². The average molecular weight is 276 g/mol. The highest BCUT2D eigenvalue weighted by molar-refractivity contribution is 5.69. The number of nitrogens with zero attached hydrogens (tertiary/aromatic N) is 3. The van der Waals surface area contributed by atoms with E-state index in [0.717, 1.165) is 45.1 Å². The van der Waals surface area contributed by atoms with Crippen molar-refractivity contribution in [3.63, 3.8) is 0 Å². The normalized spacial score (nSPS) is 22.3. The molecule has 2 aliphatic heterocycles. The van der Waals surface area contributed by atoms with E-state index in [9.17, 15) is 4.79 Å². The molecular formula is C14H20N4O2. The number of carboxylic acid groups (broad SMARTS) is 1. The van der Waals surface area contributed by atoms with Crippen LogP contribution in [0.3, 0.4) is 0 Å². The van der Waals surface area contributed by atoms with Gasteiger partial charge in [0, 0.05) is 45.5 Å². The van der Waals surface area contributed by atoms with Crippen LogP contribution in [0.2, 0.25) is 0 Å². The van der Waals surface area contributed by atoms with Gasteiger partial charge in [0.15, 0.2) is 0 Å². The van der Waals surface area contributed by atoms with Gasteiger partial charge in [0.05, 0.1) is 12.0 Å². The summed E-state index contributed by atoms with van der Waals surface area (Å²) in [6.45, 7) is 5.15. The maximum Gasteiger partial charge on any atom is 0.305 e. The summed E-state index contributed by atoms with van der Waals surface area (Å²) in [7, 11) is 0. The van der Waals surface area contributed by atoms with Crippen LogP contribution in [0.1, 0.15) is 6.42 Å². The third-order valence-corrected chi connectivity index (χ3v) is 4.31. The van der Waals surface area contributed by atoms with Gasteiger partial charge in [-0.1, -0.05) is 6.07 Å². The lowest BCUT2D eigenvalue weighted by atomic mass is 9.86. The molecule has 3 rings (SSSR count). The van der Waals surface area contributed by atoms with E-state index >= 15 is 0 Å². The smallest absolute Gasteiger partial charge is 0.305 e. The predicted molar refractivity (Wildman–Crippen MR) is 75.9 cm³/mol. The minimum absolute atomic E-state index is 0.179. The van der Waals surface area contributed by atoms with E-state index in [4.69, 9.17) is 5.11 Å². The lowest BCUT2D eigenvalue weighted by molar-refractivity contribution is -0.142. The second-order valence-corrected chi connectivity index (χ2v) is 5.56. The van der Waals surface area contributed by atoms with Gasteiger partial charge in [-0.2, -0.15) is 0 Å². The summed E-state index contributed by atoms with van der Waals surface area (Å²) in [6, 6.07) is 5.94. The molecule has 0 unspecified atom stereocenters. The topological polar surface area (TPSA) is 68.7 Å². The van der Waals surface area contributed by atoms with Gasteiger partial charge in [-0.05, 0) is 12.1 Å². The Balaban J connectivity index is 1.62. The first-order valence-electron chi connectivity index (χ1n) is 7.03. The fourth-order valence-corrected chi connectivity index (χ4v) is 3.11. The summed E-state index contributed by atoms with van der Waals surface area (Å²) in [5, 5.41) is 12.3. The predicted octanol–water partition coefficient (Wildman–Crippen LogP) is 0.0203. The van der Waals surface area contributed by atoms with Crippen LogP contribution < -0.4 is 10.2 Å². The number of aliphatic carboxylic acids is 1. The zero-order valence-corrected chi connectivity index (χ0v) is 11.5. The number of piperazine rings is 1. The van der Waals surface area contributed by atoms with Crippen LogP contribution in [0.15, 0.2) is 24.4 Å². The molecule has 2 aliphatic rings. The van der Waals surface area contributed by atoms with Gasteiger partial charge >= 0.3 is 5.97 Å². The molecule has 1 aromatic heterocycles. The number of rotatable bonds is 4. The lowest BCUT2D eigenvalue weighted by Crippen LogP contribution is -2.72. The summed E-state index contributed by atoms with van der Waals surface area (Å²) in [6.07, 6.45) is 2.03. The standard InChI is InChI=1S/C14H20N4O2/c19-13(20)9-14(10-15-11-14)18-7-5-17(6-8-18)12-3-1-2-4-16-12/h1-4,15H,5-11H2,(H,19,20). The summed E-state index contributed by atoms with van der Waals surface area (Å²) >= 11 is 0. The first-order chi connectivity index (χ1) is 9.70. The van der Waals surface area contributed by atoms with Crippen LogP contribution in [0.5, 0.6) is 0 Å². The maximum atomic E-state index is 11.1. The monoisotopic (exact) mass is 276 g/mol. The van der Waals surface area contributed by atoms with Gasteiger partial charge < -0.3 is 15.3 Å². The van der Waals surface area contributed by atoms with Gasteiger partial charge in [0.2, 0.25) is 0 Å². The van der Waals surface area contributed by atoms with Crippen molar-refractivity contribution in [3.8, 4) is 0 Å². The van der Waals surface area contributed by atoms with Crippen LogP contribution >= 0.6 is 0 Å². The largest absolute Gasteiger partial charge is 0.481 e. The summed E-state index contributed by atoms with van der Waals surface area (Å²) in [5.41, 5.74) is -0.179. The Bertz CT molecular complexity index is 467.